The van der Waals surface area contributed by atoms with Gasteiger partial charge in [-0.1, -0.05) is 44.1 Å². The average Bonchev–Trinajstić information content (AvgIpc) is 2.88. The summed E-state index contributed by atoms with van der Waals surface area (Å²) in [5, 5.41) is 3.22. The van der Waals surface area contributed by atoms with Crippen LogP contribution in [0.1, 0.15) is 73.1 Å². The molecule has 1 heterocycles. The second kappa shape index (κ2) is 7.96. The molecule has 1 N–H and O–H groups in total. The summed E-state index contributed by atoms with van der Waals surface area (Å²) in [7, 11) is 0. The van der Waals surface area contributed by atoms with Crippen molar-refractivity contribution in [3.05, 3.63) is 23.3 Å². The summed E-state index contributed by atoms with van der Waals surface area (Å²) in [4.78, 5) is 39.4. The van der Waals surface area contributed by atoms with Crippen LogP contribution in [0.3, 0.4) is 0 Å². The summed E-state index contributed by atoms with van der Waals surface area (Å²) in [6.07, 6.45) is 7.80. The Morgan fingerprint density at radius 3 is 2.46 bits per heavy atom. The largest absolute Gasteiger partial charge is 0.352 e. The first kappa shape index (κ1) is 21.0. The number of Topliss-reactive ketones (excluding diaryl/α,β-unsaturated/α-hetero) is 2. The Labute approximate surface area is 169 Å². The summed E-state index contributed by atoms with van der Waals surface area (Å²) in [5.74, 6) is 0.314. The van der Waals surface area contributed by atoms with Crippen LogP contribution in [0.5, 0.6) is 0 Å². The lowest BCUT2D eigenvalue weighted by atomic mass is 9.54. The van der Waals surface area contributed by atoms with Gasteiger partial charge in [0, 0.05) is 37.1 Å². The molecule has 28 heavy (non-hydrogen) atoms. The van der Waals surface area contributed by atoms with Crippen molar-refractivity contribution in [3.63, 3.8) is 0 Å². The minimum Gasteiger partial charge on any atom is -0.352 e. The summed E-state index contributed by atoms with van der Waals surface area (Å²) < 4.78 is 0. The van der Waals surface area contributed by atoms with Gasteiger partial charge >= 0.3 is 0 Å². The smallest absolute Gasteiger partial charge is 0.235 e. The quantitative estimate of drug-likeness (QED) is 0.566. The van der Waals surface area contributed by atoms with E-state index >= 15 is 0 Å². The Morgan fingerprint density at radius 1 is 1.07 bits per heavy atom. The first-order valence-corrected chi connectivity index (χ1v) is 10.9. The number of carbonyl (C=O) groups is 3. The van der Waals surface area contributed by atoms with E-state index in [9.17, 15) is 14.4 Å². The molecule has 0 radical (unpaired) electrons. The van der Waals surface area contributed by atoms with E-state index in [1.54, 1.807) is 0 Å². The van der Waals surface area contributed by atoms with Gasteiger partial charge < -0.3 is 5.32 Å². The van der Waals surface area contributed by atoms with Crippen LogP contribution in [0.15, 0.2) is 23.3 Å². The van der Waals surface area contributed by atoms with Crippen molar-refractivity contribution in [2.24, 2.45) is 29.1 Å². The van der Waals surface area contributed by atoms with Crippen molar-refractivity contribution in [2.75, 3.05) is 0 Å². The number of amides is 1. The normalized spacial score (nSPS) is 38.7. The maximum Gasteiger partial charge on any atom is 0.235 e. The number of carbonyl (C=O) groups excluding carboxylic acids is 3. The maximum atomic E-state index is 13.7. The molecule has 4 heteroatoms. The molecule has 4 nitrogen and oxygen atoms in total. The van der Waals surface area contributed by atoms with E-state index in [-0.39, 0.29) is 54.1 Å². The Balaban J connectivity index is 2.16. The first-order valence-electron chi connectivity index (χ1n) is 10.9. The minimum atomic E-state index is -1.07. The fourth-order valence-corrected chi connectivity index (χ4v) is 5.74. The molecule has 5 atom stereocenters. The molecule has 0 saturated carbocycles. The Hall–Kier alpha value is -1.71. The van der Waals surface area contributed by atoms with Crippen LogP contribution >= 0.6 is 0 Å². The Kier molecular flexibility index (Phi) is 5.97. The molecule has 1 amide bonds. The highest BCUT2D eigenvalue weighted by molar-refractivity contribution is 6.10. The van der Waals surface area contributed by atoms with Gasteiger partial charge in [0.05, 0.1) is 0 Å². The highest BCUT2D eigenvalue weighted by Crippen LogP contribution is 2.55. The third-order valence-electron chi connectivity index (χ3n) is 7.19. The summed E-state index contributed by atoms with van der Waals surface area (Å²) in [6.45, 7) is 10.7. The van der Waals surface area contributed by atoms with Crippen LogP contribution < -0.4 is 5.32 Å². The molecule has 0 aromatic rings. The van der Waals surface area contributed by atoms with Gasteiger partial charge in [-0.05, 0) is 44.9 Å². The predicted molar refractivity (Wildman–Crippen MR) is 111 cm³/mol. The molecule has 3 aliphatic rings. The van der Waals surface area contributed by atoms with Crippen molar-refractivity contribution in [3.8, 4) is 0 Å². The van der Waals surface area contributed by atoms with Gasteiger partial charge in [-0.25, -0.2) is 0 Å². The number of nitrogens with one attached hydrogen (secondary N) is 1. The standard InChI is InChI=1S/C24H35NO3/c1-14(2)11-20-22-17(5)16(4)13-18-12-15(3)7-6-8-19(26)9-10-21(27)24(18,22)23(28)25-20/h12-14,17-18,20,22H,6-11H2,1-5H3,(H,25,28)/b15-12-/t17-,18+,20+,22+,24-/m1/s1. The van der Waals surface area contributed by atoms with Gasteiger partial charge in [0.15, 0.2) is 0 Å². The third-order valence-corrected chi connectivity index (χ3v) is 7.19. The number of hydrogen-bond donors (Lipinski definition) is 1. The van der Waals surface area contributed by atoms with Crippen molar-refractivity contribution < 1.29 is 14.4 Å². The second-order valence-corrected chi connectivity index (χ2v) is 9.66. The van der Waals surface area contributed by atoms with Crippen molar-refractivity contribution >= 4 is 17.5 Å². The minimum absolute atomic E-state index is 0.00661. The van der Waals surface area contributed by atoms with Gasteiger partial charge in [0.2, 0.25) is 5.91 Å². The van der Waals surface area contributed by atoms with E-state index in [0.29, 0.717) is 12.3 Å². The maximum absolute atomic E-state index is 13.7. The number of rotatable bonds is 2. The summed E-state index contributed by atoms with van der Waals surface area (Å²) >= 11 is 0. The molecule has 2 aliphatic carbocycles. The lowest BCUT2D eigenvalue weighted by Gasteiger charge is -2.45. The summed E-state index contributed by atoms with van der Waals surface area (Å²) in [6, 6.07) is 0.00661. The molecule has 0 unspecified atom stereocenters. The SMILES string of the molecule is CC1=C[C@@H]2/C=C(/C)CCCC(=O)CCC(=O)[C@]23C(=O)N[C@@H](CC(C)C)[C@@H]3[C@@H]1C. The molecule has 0 aromatic heterocycles. The van der Waals surface area contributed by atoms with E-state index in [0.717, 1.165) is 19.3 Å². The molecule has 1 fully saturated rings. The fraction of sp³-hybridized carbons (Fsp3) is 0.708. The molecular formula is C24H35NO3. The van der Waals surface area contributed by atoms with Gasteiger partial charge in [0.1, 0.15) is 17.0 Å². The van der Waals surface area contributed by atoms with Crippen LogP contribution in [0.4, 0.5) is 0 Å². The zero-order chi connectivity index (χ0) is 20.6. The molecule has 154 valence electrons. The number of hydrogen-bond acceptors (Lipinski definition) is 3. The van der Waals surface area contributed by atoms with Crippen molar-refractivity contribution in [2.45, 2.75) is 79.2 Å². The van der Waals surface area contributed by atoms with Gasteiger partial charge in [-0.15, -0.1) is 0 Å². The van der Waals surface area contributed by atoms with Crippen LogP contribution in [-0.2, 0) is 14.4 Å². The molecular weight excluding hydrogens is 350 g/mol. The van der Waals surface area contributed by atoms with E-state index in [4.69, 9.17) is 0 Å². The zero-order valence-corrected chi connectivity index (χ0v) is 18.0. The number of allylic oxidation sites excluding steroid dienone is 4. The van der Waals surface area contributed by atoms with E-state index in [2.05, 4.69) is 52.1 Å². The molecule has 0 bridgehead atoms. The van der Waals surface area contributed by atoms with Gasteiger partial charge in [-0.3, -0.25) is 14.4 Å². The third kappa shape index (κ3) is 3.51. The van der Waals surface area contributed by atoms with Gasteiger partial charge in [-0.2, -0.15) is 0 Å². The monoisotopic (exact) mass is 385 g/mol. The van der Waals surface area contributed by atoms with Crippen LogP contribution in [-0.4, -0.2) is 23.5 Å². The number of ketones is 2. The van der Waals surface area contributed by atoms with E-state index in [1.165, 1.54) is 11.1 Å². The van der Waals surface area contributed by atoms with E-state index < -0.39 is 5.41 Å². The lowest BCUT2D eigenvalue weighted by Crippen LogP contribution is -2.52. The van der Waals surface area contributed by atoms with Crippen molar-refractivity contribution in [1.82, 2.24) is 5.32 Å². The lowest BCUT2D eigenvalue weighted by molar-refractivity contribution is -0.146. The first-order chi connectivity index (χ1) is 13.2. The zero-order valence-electron chi connectivity index (χ0n) is 18.0. The molecule has 1 saturated heterocycles. The molecule has 0 aromatic carbocycles. The molecule has 1 spiro atoms. The average molecular weight is 386 g/mol. The fourth-order valence-electron chi connectivity index (χ4n) is 5.74. The predicted octanol–water partition coefficient (Wildman–Crippen LogP) is 4.39. The van der Waals surface area contributed by atoms with E-state index in [1.807, 2.05) is 0 Å². The van der Waals surface area contributed by atoms with Crippen LogP contribution in [0, 0.1) is 29.1 Å². The molecule has 1 aliphatic heterocycles. The summed E-state index contributed by atoms with van der Waals surface area (Å²) in [5.41, 5.74) is 1.37. The highest BCUT2D eigenvalue weighted by atomic mass is 16.2. The highest BCUT2D eigenvalue weighted by Gasteiger charge is 2.65. The van der Waals surface area contributed by atoms with Crippen molar-refractivity contribution in [1.29, 1.82) is 0 Å². The molecule has 3 rings (SSSR count). The Bertz CT molecular complexity index is 732. The van der Waals surface area contributed by atoms with Crippen LogP contribution in [0.25, 0.3) is 0 Å². The Morgan fingerprint density at radius 2 is 1.79 bits per heavy atom. The van der Waals surface area contributed by atoms with Gasteiger partial charge in [0.25, 0.3) is 0 Å². The van der Waals surface area contributed by atoms with Crippen LogP contribution in [0.2, 0.25) is 0 Å². The second-order valence-electron chi connectivity index (χ2n) is 9.66. The topological polar surface area (TPSA) is 63.2 Å².